The van der Waals surface area contributed by atoms with Crippen molar-refractivity contribution in [1.82, 2.24) is 0 Å². The van der Waals surface area contributed by atoms with Gasteiger partial charge in [0.2, 0.25) is 0 Å². The van der Waals surface area contributed by atoms with Crippen LogP contribution in [-0.2, 0) is 11.2 Å². The first-order chi connectivity index (χ1) is 9.24. The van der Waals surface area contributed by atoms with Crippen molar-refractivity contribution in [3.63, 3.8) is 0 Å². The molecule has 3 nitrogen and oxygen atoms in total. The third-order valence-electron chi connectivity index (χ3n) is 3.84. The third kappa shape index (κ3) is 3.78. The smallest absolute Gasteiger partial charge is 0.107 e. The molecule has 0 aliphatic carbocycles. The first-order valence-electron chi connectivity index (χ1n) is 7.27. The molecular formula is C16H24O3. The maximum absolute atomic E-state index is 9.69. The Balaban J connectivity index is 1.98. The van der Waals surface area contributed by atoms with E-state index in [1.54, 1.807) is 0 Å². The van der Waals surface area contributed by atoms with Gasteiger partial charge in [-0.05, 0) is 36.8 Å². The zero-order valence-corrected chi connectivity index (χ0v) is 11.6. The van der Waals surface area contributed by atoms with Gasteiger partial charge in [0, 0.05) is 0 Å². The van der Waals surface area contributed by atoms with Crippen molar-refractivity contribution in [2.45, 2.75) is 57.3 Å². The number of ether oxygens (including phenoxy) is 1. The van der Waals surface area contributed by atoms with Crippen molar-refractivity contribution in [1.29, 1.82) is 0 Å². The summed E-state index contributed by atoms with van der Waals surface area (Å²) >= 11 is 0. The first kappa shape index (κ1) is 14.5. The Bertz CT molecular complexity index is 374. The van der Waals surface area contributed by atoms with Gasteiger partial charge >= 0.3 is 0 Å². The number of hydrogen-bond donors (Lipinski definition) is 2. The summed E-state index contributed by atoms with van der Waals surface area (Å²) in [6, 6.07) is 8.55. The fraction of sp³-hybridized carbons (Fsp3) is 0.625. The highest BCUT2D eigenvalue weighted by Crippen LogP contribution is 2.31. The van der Waals surface area contributed by atoms with Crippen LogP contribution in [0.3, 0.4) is 0 Å². The largest absolute Gasteiger partial charge is 0.394 e. The Labute approximate surface area is 115 Å². The summed E-state index contributed by atoms with van der Waals surface area (Å²) in [7, 11) is 0. The zero-order chi connectivity index (χ0) is 13.7. The highest BCUT2D eigenvalue weighted by molar-refractivity contribution is 5.24. The molecule has 19 heavy (non-hydrogen) atoms. The fourth-order valence-corrected chi connectivity index (χ4v) is 2.57. The van der Waals surface area contributed by atoms with E-state index >= 15 is 0 Å². The van der Waals surface area contributed by atoms with Crippen LogP contribution in [0.2, 0.25) is 0 Å². The number of benzene rings is 1. The predicted octanol–water partition coefficient (Wildman–Crippen LogP) is 2.60. The van der Waals surface area contributed by atoms with Crippen LogP contribution < -0.4 is 0 Å². The van der Waals surface area contributed by atoms with Gasteiger partial charge in [0.15, 0.2) is 0 Å². The zero-order valence-electron chi connectivity index (χ0n) is 11.6. The average Bonchev–Trinajstić information content (AvgIpc) is 2.46. The van der Waals surface area contributed by atoms with E-state index in [0.717, 1.165) is 18.4 Å². The molecule has 1 heterocycles. The number of rotatable bonds is 5. The van der Waals surface area contributed by atoms with Gasteiger partial charge in [-0.25, -0.2) is 0 Å². The van der Waals surface area contributed by atoms with Crippen molar-refractivity contribution < 1.29 is 14.9 Å². The molecule has 1 aliphatic rings. The molecule has 0 unspecified atom stereocenters. The third-order valence-corrected chi connectivity index (χ3v) is 3.84. The van der Waals surface area contributed by atoms with E-state index in [9.17, 15) is 10.2 Å². The van der Waals surface area contributed by atoms with E-state index < -0.39 is 12.2 Å². The van der Waals surface area contributed by atoms with Crippen LogP contribution in [0.5, 0.6) is 0 Å². The lowest BCUT2D eigenvalue weighted by Crippen LogP contribution is -2.38. The van der Waals surface area contributed by atoms with Crippen molar-refractivity contribution in [2.24, 2.45) is 0 Å². The van der Waals surface area contributed by atoms with Crippen LogP contribution in [0.4, 0.5) is 0 Å². The van der Waals surface area contributed by atoms with Gasteiger partial charge in [-0.1, -0.05) is 37.6 Å². The monoisotopic (exact) mass is 264 g/mol. The van der Waals surface area contributed by atoms with E-state index in [1.165, 1.54) is 18.4 Å². The molecule has 106 valence electrons. The minimum Gasteiger partial charge on any atom is -0.394 e. The summed E-state index contributed by atoms with van der Waals surface area (Å²) < 4.78 is 5.75. The topological polar surface area (TPSA) is 49.7 Å². The van der Waals surface area contributed by atoms with Gasteiger partial charge in [0.25, 0.3) is 0 Å². The number of unbranched alkanes of at least 4 members (excludes halogenated alkanes) is 1. The van der Waals surface area contributed by atoms with Gasteiger partial charge in [-0.2, -0.15) is 0 Å². The van der Waals surface area contributed by atoms with E-state index in [0.29, 0.717) is 6.42 Å². The number of hydrogen-bond acceptors (Lipinski definition) is 3. The van der Waals surface area contributed by atoms with Gasteiger partial charge in [0.05, 0.1) is 18.8 Å². The molecule has 2 N–H and O–H groups in total. The summed E-state index contributed by atoms with van der Waals surface area (Å²) in [4.78, 5) is 0. The molecule has 0 amide bonds. The maximum Gasteiger partial charge on any atom is 0.107 e. The molecule has 1 saturated heterocycles. The Morgan fingerprint density at radius 2 is 1.95 bits per heavy atom. The summed E-state index contributed by atoms with van der Waals surface area (Å²) in [6.45, 7) is 2.08. The first-order valence-corrected chi connectivity index (χ1v) is 7.27. The van der Waals surface area contributed by atoms with Crippen LogP contribution in [0.25, 0.3) is 0 Å². The summed E-state index contributed by atoms with van der Waals surface area (Å²) in [5.74, 6) is 0. The lowest BCUT2D eigenvalue weighted by atomic mass is 9.95. The lowest BCUT2D eigenvalue weighted by Gasteiger charge is -2.33. The number of aryl methyl sites for hydroxylation is 1. The van der Waals surface area contributed by atoms with E-state index in [4.69, 9.17) is 4.74 Å². The predicted molar refractivity (Wildman–Crippen MR) is 75.0 cm³/mol. The number of aliphatic hydroxyl groups is 2. The molecule has 0 spiro atoms. The van der Waals surface area contributed by atoms with Crippen LogP contribution >= 0.6 is 0 Å². The molecule has 0 bridgehead atoms. The van der Waals surface area contributed by atoms with Crippen LogP contribution in [0, 0.1) is 0 Å². The van der Waals surface area contributed by atoms with Crippen molar-refractivity contribution in [2.75, 3.05) is 6.61 Å². The molecule has 0 saturated carbocycles. The fourth-order valence-electron chi connectivity index (χ4n) is 2.57. The molecular weight excluding hydrogens is 240 g/mol. The molecule has 3 heteroatoms. The quantitative estimate of drug-likeness (QED) is 0.859. The second-order valence-electron chi connectivity index (χ2n) is 5.34. The molecule has 1 aliphatic heterocycles. The lowest BCUT2D eigenvalue weighted by molar-refractivity contribution is -0.135. The Morgan fingerprint density at radius 3 is 2.58 bits per heavy atom. The highest BCUT2D eigenvalue weighted by atomic mass is 16.5. The van der Waals surface area contributed by atoms with Crippen molar-refractivity contribution in [3.8, 4) is 0 Å². The molecule has 3 atom stereocenters. The van der Waals surface area contributed by atoms with Gasteiger partial charge in [-0.15, -0.1) is 0 Å². The van der Waals surface area contributed by atoms with Crippen molar-refractivity contribution in [3.05, 3.63) is 35.4 Å². The van der Waals surface area contributed by atoms with Gasteiger partial charge in [-0.3, -0.25) is 0 Å². The molecule has 2 rings (SSSR count). The molecule has 1 aromatic carbocycles. The summed E-state index contributed by atoms with van der Waals surface area (Å²) in [5.41, 5.74) is 2.51. The molecule has 0 radical (unpaired) electrons. The van der Waals surface area contributed by atoms with Crippen molar-refractivity contribution >= 4 is 0 Å². The highest BCUT2D eigenvalue weighted by Gasteiger charge is 2.29. The minimum atomic E-state index is -0.537. The van der Waals surface area contributed by atoms with E-state index in [2.05, 4.69) is 31.2 Å². The summed E-state index contributed by atoms with van der Waals surface area (Å²) in [6.07, 6.45) is 4.07. The Morgan fingerprint density at radius 1 is 1.21 bits per heavy atom. The number of aliphatic hydroxyl groups excluding tert-OH is 2. The van der Waals surface area contributed by atoms with E-state index in [1.807, 2.05) is 0 Å². The van der Waals surface area contributed by atoms with Crippen LogP contribution in [-0.4, -0.2) is 29.0 Å². The standard InChI is InChI=1S/C16H24O3/c1-2-3-4-12-5-7-13(8-6-12)15-10-9-14(18)16(11-17)19-15/h5-8,14-18H,2-4,9-11H2,1H3/t14-,15+,16+/m0/s1. The SMILES string of the molecule is CCCCc1ccc([C@H]2CC[C@H](O)[C@@H](CO)O2)cc1. The van der Waals surface area contributed by atoms with Crippen LogP contribution in [0.1, 0.15) is 49.8 Å². The summed E-state index contributed by atoms with van der Waals surface area (Å²) in [5, 5.41) is 18.9. The van der Waals surface area contributed by atoms with Gasteiger partial charge < -0.3 is 14.9 Å². The van der Waals surface area contributed by atoms with Gasteiger partial charge in [0.1, 0.15) is 6.10 Å². The Hall–Kier alpha value is -0.900. The Kier molecular flexibility index (Phi) is 5.37. The minimum absolute atomic E-state index is 0.000718. The molecule has 1 fully saturated rings. The molecule has 1 aromatic rings. The second kappa shape index (κ2) is 7.04. The van der Waals surface area contributed by atoms with E-state index in [-0.39, 0.29) is 12.7 Å². The maximum atomic E-state index is 9.69. The normalized spacial score (nSPS) is 27.4. The second-order valence-corrected chi connectivity index (χ2v) is 5.34. The van der Waals surface area contributed by atoms with Crippen LogP contribution in [0.15, 0.2) is 24.3 Å². The molecule has 0 aromatic heterocycles. The average molecular weight is 264 g/mol.